The first-order chi connectivity index (χ1) is 11.2. The number of piperidine rings is 1. The van der Waals surface area contributed by atoms with E-state index in [1.165, 1.54) is 5.57 Å². The van der Waals surface area contributed by atoms with Gasteiger partial charge in [0.15, 0.2) is 5.69 Å². The van der Waals surface area contributed by atoms with Crippen molar-refractivity contribution in [3.8, 4) is 0 Å². The Morgan fingerprint density at radius 3 is 2.96 bits per heavy atom. The van der Waals surface area contributed by atoms with E-state index in [1.54, 1.807) is 0 Å². The Morgan fingerprint density at radius 1 is 1.35 bits per heavy atom. The van der Waals surface area contributed by atoms with Gasteiger partial charge in [0.05, 0.1) is 17.9 Å². The minimum atomic E-state index is -0.145. The molecule has 0 radical (unpaired) electrons. The van der Waals surface area contributed by atoms with Crippen molar-refractivity contribution in [3.63, 3.8) is 0 Å². The molecule has 1 aromatic heterocycles. The fourth-order valence-corrected chi connectivity index (χ4v) is 3.93. The summed E-state index contributed by atoms with van der Waals surface area (Å²) in [4.78, 5) is 14.8. The maximum atomic E-state index is 12.8. The number of rotatable bonds is 1. The molecule has 1 aromatic rings. The molecule has 1 fully saturated rings. The van der Waals surface area contributed by atoms with Crippen LogP contribution in [0.25, 0.3) is 0 Å². The van der Waals surface area contributed by atoms with Crippen LogP contribution < -0.4 is 5.32 Å². The smallest absolute Gasteiger partial charge is 0.274 e. The van der Waals surface area contributed by atoms with Crippen molar-refractivity contribution in [2.75, 3.05) is 26.2 Å². The number of hydrogen-bond donors (Lipinski definition) is 2. The fourth-order valence-electron chi connectivity index (χ4n) is 3.93. The summed E-state index contributed by atoms with van der Waals surface area (Å²) in [5.41, 5.74) is 4.04. The summed E-state index contributed by atoms with van der Waals surface area (Å²) in [6.07, 6.45) is 5.93. The van der Waals surface area contributed by atoms with Crippen LogP contribution in [0.5, 0.6) is 0 Å². The molecule has 0 unspecified atom stereocenters. The van der Waals surface area contributed by atoms with E-state index in [-0.39, 0.29) is 11.5 Å². The minimum absolute atomic E-state index is 0.0655. The Bertz CT molecular complexity index is 641. The lowest BCUT2D eigenvalue weighted by Crippen LogP contribution is -2.48. The van der Waals surface area contributed by atoms with Crippen molar-refractivity contribution in [1.29, 1.82) is 0 Å². The summed E-state index contributed by atoms with van der Waals surface area (Å²) in [7, 11) is 0. The SMILES string of the molecule is CC1=CC2(CCN(C(=O)c3n[nH]c4c3CCNC4)CC2)OCC1. The van der Waals surface area contributed by atoms with E-state index in [2.05, 4.69) is 28.5 Å². The second kappa shape index (κ2) is 5.76. The summed E-state index contributed by atoms with van der Waals surface area (Å²) < 4.78 is 6.04. The lowest BCUT2D eigenvalue weighted by molar-refractivity contribution is -0.0522. The van der Waals surface area contributed by atoms with Gasteiger partial charge in [-0.05, 0) is 39.2 Å². The van der Waals surface area contributed by atoms with E-state index in [1.807, 2.05) is 4.90 Å². The number of ether oxygens (including phenoxy) is 1. The van der Waals surface area contributed by atoms with Crippen LogP contribution in [0, 0.1) is 0 Å². The molecule has 0 saturated carbocycles. The van der Waals surface area contributed by atoms with Crippen molar-refractivity contribution < 1.29 is 9.53 Å². The molecule has 124 valence electrons. The molecule has 1 amide bonds. The van der Waals surface area contributed by atoms with Crippen LogP contribution in [0.4, 0.5) is 0 Å². The number of carbonyl (C=O) groups excluding carboxylic acids is 1. The van der Waals surface area contributed by atoms with E-state index in [0.717, 1.165) is 69.7 Å². The van der Waals surface area contributed by atoms with Gasteiger partial charge in [-0.15, -0.1) is 0 Å². The number of nitrogens with zero attached hydrogens (tertiary/aromatic N) is 2. The maximum Gasteiger partial charge on any atom is 0.274 e. The Kier molecular flexibility index (Phi) is 3.73. The number of aromatic nitrogens is 2. The van der Waals surface area contributed by atoms with E-state index in [9.17, 15) is 4.79 Å². The quantitative estimate of drug-likeness (QED) is 0.768. The molecule has 23 heavy (non-hydrogen) atoms. The number of hydrogen-bond acceptors (Lipinski definition) is 4. The van der Waals surface area contributed by atoms with Gasteiger partial charge in [0, 0.05) is 25.2 Å². The van der Waals surface area contributed by atoms with Crippen molar-refractivity contribution >= 4 is 5.91 Å². The standard InChI is InChI=1S/C17H24N4O2/c1-12-3-9-23-17(10-12)4-7-21(8-5-17)16(22)15-13-2-6-18-11-14(13)19-20-15/h10,18H,2-9,11H2,1H3,(H,19,20). The van der Waals surface area contributed by atoms with Gasteiger partial charge in [0.2, 0.25) is 0 Å². The largest absolute Gasteiger partial charge is 0.370 e. The lowest BCUT2D eigenvalue weighted by Gasteiger charge is -2.42. The third-order valence-electron chi connectivity index (χ3n) is 5.30. The highest BCUT2D eigenvalue weighted by molar-refractivity contribution is 5.94. The molecule has 4 rings (SSSR count). The van der Waals surface area contributed by atoms with Gasteiger partial charge in [-0.1, -0.05) is 11.6 Å². The van der Waals surface area contributed by atoms with Crippen molar-refractivity contribution in [1.82, 2.24) is 20.4 Å². The summed E-state index contributed by atoms with van der Waals surface area (Å²) in [6.45, 7) is 6.14. The van der Waals surface area contributed by atoms with Crippen LogP contribution in [0.2, 0.25) is 0 Å². The zero-order valence-electron chi connectivity index (χ0n) is 13.7. The van der Waals surface area contributed by atoms with Crippen molar-refractivity contribution in [2.45, 2.75) is 44.8 Å². The van der Waals surface area contributed by atoms with Gasteiger partial charge in [-0.2, -0.15) is 5.10 Å². The second-order valence-corrected chi connectivity index (χ2v) is 6.90. The molecule has 6 nitrogen and oxygen atoms in total. The average Bonchev–Trinajstić information content (AvgIpc) is 2.99. The van der Waals surface area contributed by atoms with Crippen LogP contribution in [-0.2, 0) is 17.7 Å². The topological polar surface area (TPSA) is 70.2 Å². The molecule has 3 aliphatic rings. The van der Waals surface area contributed by atoms with Gasteiger partial charge in [-0.3, -0.25) is 9.89 Å². The van der Waals surface area contributed by atoms with Gasteiger partial charge >= 0.3 is 0 Å². The molecular formula is C17H24N4O2. The maximum absolute atomic E-state index is 12.8. The van der Waals surface area contributed by atoms with E-state index >= 15 is 0 Å². The number of aromatic amines is 1. The van der Waals surface area contributed by atoms with Crippen LogP contribution in [0.1, 0.15) is 47.9 Å². The summed E-state index contributed by atoms with van der Waals surface area (Å²) in [5.74, 6) is 0.0655. The third-order valence-corrected chi connectivity index (χ3v) is 5.30. The Morgan fingerprint density at radius 2 is 2.17 bits per heavy atom. The highest BCUT2D eigenvalue weighted by Crippen LogP contribution is 2.33. The molecule has 2 N–H and O–H groups in total. The van der Waals surface area contributed by atoms with Crippen LogP contribution in [-0.4, -0.2) is 52.8 Å². The highest BCUT2D eigenvalue weighted by atomic mass is 16.5. The lowest BCUT2D eigenvalue weighted by atomic mass is 9.87. The molecule has 1 saturated heterocycles. The van der Waals surface area contributed by atoms with Crippen LogP contribution in [0.15, 0.2) is 11.6 Å². The Hall–Kier alpha value is -1.66. The fraction of sp³-hybridized carbons (Fsp3) is 0.647. The van der Waals surface area contributed by atoms with Gasteiger partial charge < -0.3 is 15.0 Å². The molecule has 4 heterocycles. The predicted molar refractivity (Wildman–Crippen MR) is 86.2 cm³/mol. The van der Waals surface area contributed by atoms with Crippen molar-refractivity contribution in [2.24, 2.45) is 0 Å². The van der Waals surface area contributed by atoms with Crippen molar-refractivity contribution in [3.05, 3.63) is 28.6 Å². The number of fused-ring (bicyclic) bond motifs is 1. The molecule has 0 atom stereocenters. The molecule has 3 aliphatic heterocycles. The first kappa shape index (κ1) is 14.9. The zero-order chi connectivity index (χ0) is 15.9. The summed E-state index contributed by atoms with van der Waals surface area (Å²) in [5, 5.41) is 10.6. The normalized spacial score (nSPS) is 23.5. The highest BCUT2D eigenvalue weighted by Gasteiger charge is 2.37. The number of carbonyl (C=O) groups is 1. The Balaban J connectivity index is 1.47. The summed E-state index contributed by atoms with van der Waals surface area (Å²) >= 11 is 0. The molecular weight excluding hydrogens is 292 g/mol. The molecule has 0 aromatic carbocycles. The number of H-pyrrole nitrogens is 1. The van der Waals surface area contributed by atoms with E-state index < -0.39 is 0 Å². The minimum Gasteiger partial charge on any atom is -0.370 e. The van der Waals surface area contributed by atoms with Crippen LogP contribution >= 0.6 is 0 Å². The number of nitrogens with one attached hydrogen (secondary N) is 2. The second-order valence-electron chi connectivity index (χ2n) is 6.90. The molecule has 6 heteroatoms. The average molecular weight is 316 g/mol. The molecule has 0 aliphatic carbocycles. The molecule has 1 spiro atoms. The first-order valence-corrected chi connectivity index (χ1v) is 8.55. The summed E-state index contributed by atoms with van der Waals surface area (Å²) in [6, 6.07) is 0. The van der Waals surface area contributed by atoms with Gasteiger partial charge in [0.1, 0.15) is 0 Å². The predicted octanol–water partition coefficient (Wildman–Crippen LogP) is 1.40. The van der Waals surface area contributed by atoms with E-state index in [0.29, 0.717) is 5.69 Å². The van der Waals surface area contributed by atoms with Gasteiger partial charge in [0.25, 0.3) is 5.91 Å². The third kappa shape index (κ3) is 2.70. The first-order valence-electron chi connectivity index (χ1n) is 8.55. The monoisotopic (exact) mass is 316 g/mol. The number of amides is 1. The van der Waals surface area contributed by atoms with Gasteiger partial charge in [-0.25, -0.2) is 0 Å². The molecule has 0 bridgehead atoms. The van der Waals surface area contributed by atoms with Crippen LogP contribution in [0.3, 0.4) is 0 Å². The zero-order valence-corrected chi connectivity index (χ0v) is 13.7. The van der Waals surface area contributed by atoms with E-state index in [4.69, 9.17) is 4.74 Å². The Labute approximate surface area is 136 Å². The number of likely N-dealkylation sites (tertiary alicyclic amines) is 1.